The fraction of sp³-hybridized carbons (Fsp3) is 0.667. The molecule has 3 nitrogen and oxygen atoms in total. The van der Waals surface area contributed by atoms with Gasteiger partial charge in [-0.1, -0.05) is 20.8 Å². The summed E-state index contributed by atoms with van der Waals surface area (Å²) in [6.07, 6.45) is 2.68. The van der Waals surface area contributed by atoms with Gasteiger partial charge >= 0.3 is 0 Å². The van der Waals surface area contributed by atoms with Crippen LogP contribution in [0.5, 0.6) is 0 Å². The van der Waals surface area contributed by atoms with E-state index in [9.17, 15) is 0 Å². The van der Waals surface area contributed by atoms with Crippen molar-refractivity contribution < 1.29 is 0 Å². The molecule has 0 spiro atoms. The third-order valence-corrected chi connectivity index (χ3v) is 1.79. The van der Waals surface area contributed by atoms with E-state index in [-0.39, 0.29) is 5.41 Å². The molecule has 1 rings (SSSR count). The van der Waals surface area contributed by atoms with Crippen LogP contribution in [0.2, 0.25) is 0 Å². The second-order valence-electron chi connectivity index (χ2n) is 4.41. The number of nitrogens with zero attached hydrogens (tertiary/aromatic N) is 2. The highest BCUT2D eigenvalue weighted by atomic mass is 15.3. The zero-order valence-electron chi connectivity index (χ0n) is 8.26. The minimum absolute atomic E-state index is 0.266. The summed E-state index contributed by atoms with van der Waals surface area (Å²) in [5.41, 5.74) is 7.96. The molecule has 68 valence electrons. The molecule has 0 bridgehead atoms. The maximum Gasteiger partial charge on any atom is 0.0733 e. The van der Waals surface area contributed by atoms with Crippen LogP contribution in [0.4, 0.5) is 5.69 Å². The van der Waals surface area contributed by atoms with Crippen molar-refractivity contribution in [3.8, 4) is 0 Å². The first kappa shape index (κ1) is 9.10. The minimum atomic E-state index is 0.266. The molecule has 1 aromatic heterocycles. The van der Waals surface area contributed by atoms with E-state index in [0.717, 1.165) is 17.8 Å². The van der Waals surface area contributed by atoms with E-state index in [1.165, 1.54) is 0 Å². The van der Waals surface area contributed by atoms with Gasteiger partial charge in [-0.3, -0.25) is 4.68 Å². The van der Waals surface area contributed by atoms with E-state index in [1.54, 1.807) is 6.20 Å². The molecule has 0 saturated carbocycles. The summed E-state index contributed by atoms with van der Waals surface area (Å²) in [4.78, 5) is 0. The van der Waals surface area contributed by atoms with Gasteiger partial charge in [0.2, 0.25) is 0 Å². The molecule has 3 heteroatoms. The van der Waals surface area contributed by atoms with Crippen molar-refractivity contribution in [1.29, 1.82) is 0 Å². The number of hydrogen-bond donors (Lipinski definition) is 1. The molecule has 0 aromatic carbocycles. The number of nitrogens with two attached hydrogens (primary N) is 1. The van der Waals surface area contributed by atoms with Crippen molar-refractivity contribution >= 4 is 5.69 Å². The lowest BCUT2D eigenvalue weighted by atomic mass is 9.90. The molecule has 1 aromatic rings. The molecule has 0 fully saturated rings. The minimum Gasteiger partial charge on any atom is -0.396 e. The van der Waals surface area contributed by atoms with E-state index in [2.05, 4.69) is 25.9 Å². The van der Waals surface area contributed by atoms with Gasteiger partial charge in [-0.25, -0.2) is 0 Å². The van der Waals surface area contributed by atoms with Crippen LogP contribution in [-0.4, -0.2) is 9.78 Å². The van der Waals surface area contributed by atoms with Crippen molar-refractivity contribution in [2.24, 2.45) is 12.5 Å². The first-order chi connectivity index (χ1) is 5.40. The van der Waals surface area contributed by atoms with E-state index in [0.29, 0.717) is 0 Å². The van der Waals surface area contributed by atoms with E-state index in [1.807, 2.05) is 11.7 Å². The normalized spacial score (nSPS) is 12.0. The predicted molar refractivity (Wildman–Crippen MR) is 50.8 cm³/mol. The lowest BCUT2D eigenvalue weighted by Crippen LogP contribution is -2.13. The number of nitrogen functional groups attached to an aromatic ring is 1. The zero-order chi connectivity index (χ0) is 9.35. The number of hydrogen-bond acceptors (Lipinski definition) is 2. The lowest BCUT2D eigenvalue weighted by molar-refractivity contribution is 0.398. The Labute approximate surface area is 73.6 Å². The van der Waals surface area contributed by atoms with E-state index in [4.69, 9.17) is 5.73 Å². The van der Waals surface area contributed by atoms with Gasteiger partial charge in [0.15, 0.2) is 0 Å². The summed E-state index contributed by atoms with van der Waals surface area (Å²) in [6.45, 7) is 6.58. The highest BCUT2D eigenvalue weighted by Crippen LogP contribution is 2.23. The average Bonchev–Trinajstić information content (AvgIpc) is 2.16. The predicted octanol–water partition coefficient (Wildman–Crippen LogP) is 1.59. The first-order valence-electron chi connectivity index (χ1n) is 4.16. The Morgan fingerprint density at radius 3 is 2.42 bits per heavy atom. The van der Waals surface area contributed by atoms with Gasteiger partial charge in [-0.2, -0.15) is 5.10 Å². The van der Waals surface area contributed by atoms with Gasteiger partial charge in [0.05, 0.1) is 17.6 Å². The Morgan fingerprint density at radius 2 is 2.08 bits per heavy atom. The molecule has 0 aliphatic rings. The van der Waals surface area contributed by atoms with Crippen molar-refractivity contribution in [2.45, 2.75) is 27.2 Å². The Bertz CT molecular complexity index is 248. The van der Waals surface area contributed by atoms with Gasteiger partial charge < -0.3 is 5.73 Å². The molecule has 1 heterocycles. The van der Waals surface area contributed by atoms with Gasteiger partial charge in [0.25, 0.3) is 0 Å². The summed E-state index contributed by atoms with van der Waals surface area (Å²) in [7, 11) is 1.93. The molecular formula is C9H17N3. The lowest BCUT2D eigenvalue weighted by Gasteiger charge is -2.18. The summed E-state index contributed by atoms with van der Waals surface area (Å²) >= 11 is 0. The van der Waals surface area contributed by atoms with Crippen LogP contribution >= 0.6 is 0 Å². The molecule has 0 saturated heterocycles. The molecule has 0 radical (unpaired) electrons. The van der Waals surface area contributed by atoms with Crippen LogP contribution in [0.25, 0.3) is 0 Å². The topological polar surface area (TPSA) is 43.8 Å². The molecule has 0 amide bonds. The first-order valence-corrected chi connectivity index (χ1v) is 4.16. The maximum absolute atomic E-state index is 5.77. The Kier molecular flexibility index (Phi) is 2.13. The average molecular weight is 167 g/mol. The van der Waals surface area contributed by atoms with Crippen LogP contribution in [0, 0.1) is 5.41 Å². The quantitative estimate of drug-likeness (QED) is 0.690. The SMILES string of the molecule is Cn1ncc(N)c1CC(C)(C)C. The molecule has 0 aliphatic carbocycles. The number of aromatic nitrogens is 2. The Morgan fingerprint density at radius 1 is 1.50 bits per heavy atom. The third-order valence-electron chi connectivity index (χ3n) is 1.79. The second kappa shape index (κ2) is 2.81. The molecule has 12 heavy (non-hydrogen) atoms. The maximum atomic E-state index is 5.77. The fourth-order valence-electron chi connectivity index (χ4n) is 1.20. The van der Waals surface area contributed by atoms with Gasteiger partial charge in [-0.15, -0.1) is 0 Å². The summed E-state index contributed by atoms with van der Waals surface area (Å²) in [6, 6.07) is 0. The Balaban J connectivity index is 2.88. The standard InChI is InChI=1S/C9H17N3/c1-9(2,3)5-8-7(10)6-11-12(8)4/h6H,5,10H2,1-4H3. The van der Waals surface area contributed by atoms with Crippen LogP contribution in [-0.2, 0) is 13.5 Å². The van der Waals surface area contributed by atoms with Crippen LogP contribution < -0.4 is 5.73 Å². The molecule has 0 unspecified atom stereocenters. The van der Waals surface area contributed by atoms with E-state index < -0.39 is 0 Å². The number of anilines is 1. The highest BCUT2D eigenvalue weighted by molar-refractivity contribution is 5.41. The van der Waals surface area contributed by atoms with Crippen LogP contribution in [0.1, 0.15) is 26.5 Å². The van der Waals surface area contributed by atoms with Gasteiger partial charge in [0, 0.05) is 7.05 Å². The molecule has 0 atom stereocenters. The summed E-state index contributed by atoms with van der Waals surface area (Å²) < 4.78 is 1.85. The van der Waals surface area contributed by atoms with Crippen molar-refractivity contribution in [1.82, 2.24) is 9.78 Å². The summed E-state index contributed by atoms with van der Waals surface area (Å²) in [5.74, 6) is 0. The second-order valence-corrected chi connectivity index (χ2v) is 4.41. The number of aryl methyl sites for hydroxylation is 1. The van der Waals surface area contributed by atoms with Crippen LogP contribution in [0.3, 0.4) is 0 Å². The summed E-state index contributed by atoms with van der Waals surface area (Å²) in [5, 5.41) is 4.09. The molecule has 2 N–H and O–H groups in total. The monoisotopic (exact) mass is 167 g/mol. The van der Waals surface area contributed by atoms with Crippen molar-refractivity contribution in [3.63, 3.8) is 0 Å². The van der Waals surface area contributed by atoms with Crippen LogP contribution in [0.15, 0.2) is 6.20 Å². The van der Waals surface area contributed by atoms with Gasteiger partial charge in [0.1, 0.15) is 0 Å². The van der Waals surface area contributed by atoms with Gasteiger partial charge in [-0.05, 0) is 11.8 Å². The largest absolute Gasteiger partial charge is 0.396 e. The third kappa shape index (κ3) is 2.00. The Hall–Kier alpha value is -0.990. The molecule has 0 aliphatic heterocycles. The number of rotatable bonds is 1. The smallest absolute Gasteiger partial charge is 0.0733 e. The van der Waals surface area contributed by atoms with Crippen molar-refractivity contribution in [2.75, 3.05) is 5.73 Å². The van der Waals surface area contributed by atoms with Crippen molar-refractivity contribution in [3.05, 3.63) is 11.9 Å². The molecular weight excluding hydrogens is 150 g/mol. The zero-order valence-corrected chi connectivity index (χ0v) is 8.26. The highest BCUT2D eigenvalue weighted by Gasteiger charge is 2.15. The fourth-order valence-corrected chi connectivity index (χ4v) is 1.20. The van der Waals surface area contributed by atoms with E-state index >= 15 is 0 Å².